The number of rotatable bonds is 8. The third kappa shape index (κ3) is 7.68. The predicted molar refractivity (Wildman–Crippen MR) is 68.1 cm³/mol. The lowest BCUT2D eigenvalue weighted by atomic mass is 10.1. The molecule has 0 rings (SSSR count). The summed E-state index contributed by atoms with van der Waals surface area (Å²) in [6.07, 6.45) is 5.58. The highest BCUT2D eigenvalue weighted by Gasteiger charge is 2.15. The van der Waals surface area contributed by atoms with Crippen LogP contribution in [0.4, 0.5) is 0 Å². The topological polar surface area (TPSA) is 55.1 Å². The summed E-state index contributed by atoms with van der Waals surface area (Å²) in [6, 6.07) is -0.365. The lowest BCUT2D eigenvalue weighted by Crippen LogP contribution is -2.44. The van der Waals surface area contributed by atoms with Gasteiger partial charge in [-0.1, -0.05) is 20.3 Å². The fourth-order valence-corrected chi connectivity index (χ4v) is 1.67. The van der Waals surface area contributed by atoms with Gasteiger partial charge in [0.2, 0.25) is 5.91 Å². The molecule has 0 heterocycles. The summed E-state index contributed by atoms with van der Waals surface area (Å²) in [5, 5.41) is 2.87. The van der Waals surface area contributed by atoms with E-state index < -0.39 is 0 Å². The van der Waals surface area contributed by atoms with Gasteiger partial charge in [-0.3, -0.25) is 4.79 Å². The van der Waals surface area contributed by atoms with E-state index in [4.69, 9.17) is 5.73 Å². The van der Waals surface area contributed by atoms with Crippen molar-refractivity contribution < 1.29 is 4.79 Å². The summed E-state index contributed by atoms with van der Waals surface area (Å²) in [7, 11) is 0. The average Bonchev–Trinajstić information content (AvgIpc) is 2.21. The van der Waals surface area contributed by atoms with E-state index in [2.05, 4.69) is 11.6 Å². The first-order chi connectivity index (χ1) is 7.09. The van der Waals surface area contributed by atoms with Crippen molar-refractivity contribution in [3.63, 3.8) is 0 Å². The van der Waals surface area contributed by atoms with E-state index in [-0.39, 0.29) is 17.9 Å². The van der Waals surface area contributed by atoms with Gasteiger partial charge in [0, 0.05) is 6.54 Å². The molecule has 0 aliphatic rings. The summed E-state index contributed by atoms with van der Waals surface area (Å²) in [6.45, 7) is 4.68. The smallest absolute Gasteiger partial charge is 0.237 e. The van der Waals surface area contributed by atoms with Crippen molar-refractivity contribution in [2.24, 2.45) is 11.7 Å². The summed E-state index contributed by atoms with van der Waals surface area (Å²) < 4.78 is 0. The van der Waals surface area contributed by atoms with E-state index in [0.29, 0.717) is 0 Å². The molecular weight excluding hydrogens is 208 g/mol. The number of carbonyl (C=O) groups is 1. The van der Waals surface area contributed by atoms with Crippen LogP contribution >= 0.6 is 11.8 Å². The molecule has 4 heteroatoms. The van der Waals surface area contributed by atoms with Crippen molar-refractivity contribution in [1.82, 2.24) is 5.32 Å². The molecule has 0 saturated heterocycles. The van der Waals surface area contributed by atoms with Crippen LogP contribution in [0.2, 0.25) is 0 Å². The molecule has 0 aliphatic carbocycles. The van der Waals surface area contributed by atoms with Crippen molar-refractivity contribution in [1.29, 1.82) is 0 Å². The second-order valence-corrected chi connectivity index (χ2v) is 5.10. The Labute approximate surface area is 97.6 Å². The van der Waals surface area contributed by atoms with Crippen LogP contribution < -0.4 is 11.1 Å². The zero-order valence-electron chi connectivity index (χ0n) is 10.1. The summed E-state index contributed by atoms with van der Waals surface area (Å²) in [4.78, 5) is 11.4. The molecule has 0 spiro atoms. The maximum atomic E-state index is 11.4. The number of unbranched alkanes of at least 4 members (excludes halogenated alkanes) is 2. The van der Waals surface area contributed by atoms with Gasteiger partial charge >= 0.3 is 0 Å². The lowest BCUT2D eigenvalue weighted by molar-refractivity contribution is -0.123. The van der Waals surface area contributed by atoms with Gasteiger partial charge in [0.05, 0.1) is 6.04 Å². The molecule has 0 fully saturated rings. The largest absolute Gasteiger partial charge is 0.355 e. The minimum Gasteiger partial charge on any atom is -0.355 e. The van der Waals surface area contributed by atoms with Gasteiger partial charge in [0.1, 0.15) is 0 Å². The molecule has 1 amide bonds. The Morgan fingerprint density at radius 2 is 2.00 bits per heavy atom. The number of nitrogens with two attached hydrogens (primary N) is 1. The molecule has 0 aromatic carbocycles. The molecule has 0 radical (unpaired) electrons. The van der Waals surface area contributed by atoms with E-state index in [1.807, 2.05) is 25.6 Å². The van der Waals surface area contributed by atoms with Crippen molar-refractivity contribution in [2.75, 3.05) is 18.6 Å². The van der Waals surface area contributed by atoms with Gasteiger partial charge < -0.3 is 11.1 Å². The SMILES string of the molecule is CSCCCCCNC(=O)[C@@H](N)C(C)C. The summed E-state index contributed by atoms with van der Waals surface area (Å²) in [5.74, 6) is 1.40. The highest BCUT2D eigenvalue weighted by molar-refractivity contribution is 7.98. The molecule has 3 nitrogen and oxygen atoms in total. The van der Waals surface area contributed by atoms with E-state index in [1.165, 1.54) is 18.6 Å². The Kier molecular flexibility index (Phi) is 8.91. The molecule has 0 aliphatic heterocycles. The molecule has 0 aromatic heterocycles. The molecule has 0 aromatic rings. The minimum atomic E-state index is -0.365. The van der Waals surface area contributed by atoms with Crippen LogP contribution in [0.15, 0.2) is 0 Å². The first-order valence-corrected chi connectivity index (χ1v) is 7.01. The molecular formula is C11H24N2OS. The van der Waals surface area contributed by atoms with Crippen LogP contribution in [0.3, 0.4) is 0 Å². The number of hydrogen-bond donors (Lipinski definition) is 2. The number of hydrogen-bond acceptors (Lipinski definition) is 3. The number of thioether (sulfide) groups is 1. The Bertz CT molecular complexity index is 174. The Hall–Kier alpha value is -0.220. The van der Waals surface area contributed by atoms with Crippen LogP contribution in [0.1, 0.15) is 33.1 Å². The van der Waals surface area contributed by atoms with Gasteiger partial charge in [-0.25, -0.2) is 0 Å². The van der Waals surface area contributed by atoms with Crippen molar-refractivity contribution in [2.45, 2.75) is 39.2 Å². The zero-order chi connectivity index (χ0) is 11.7. The third-order valence-corrected chi connectivity index (χ3v) is 3.04. The number of nitrogens with one attached hydrogen (secondary N) is 1. The molecule has 1 atom stereocenters. The molecule has 3 N–H and O–H groups in total. The average molecular weight is 232 g/mol. The normalized spacial score (nSPS) is 12.9. The van der Waals surface area contributed by atoms with Gasteiger partial charge in [-0.05, 0) is 30.8 Å². The third-order valence-electron chi connectivity index (χ3n) is 2.35. The molecule has 15 heavy (non-hydrogen) atoms. The predicted octanol–water partition coefficient (Wildman–Crippen LogP) is 1.62. The fraction of sp³-hybridized carbons (Fsp3) is 0.909. The first-order valence-electron chi connectivity index (χ1n) is 5.61. The van der Waals surface area contributed by atoms with Gasteiger partial charge in [0.25, 0.3) is 0 Å². The van der Waals surface area contributed by atoms with Crippen LogP contribution in [0.25, 0.3) is 0 Å². The van der Waals surface area contributed by atoms with Crippen molar-refractivity contribution in [3.05, 3.63) is 0 Å². The van der Waals surface area contributed by atoms with E-state index in [1.54, 1.807) is 0 Å². The van der Waals surface area contributed by atoms with Crippen molar-refractivity contribution >= 4 is 17.7 Å². The number of carbonyl (C=O) groups excluding carboxylic acids is 1. The Morgan fingerprint density at radius 1 is 1.33 bits per heavy atom. The minimum absolute atomic E-state index is 0.0186. The maximum Gasteiger partial charge on any atom is 0.237 e. The molecule has 0 saturated carbocycles. The van der Waals surface area contributed by atoms with Gasteiger partial charge in [0.15, 0.2) is 0 Å². The highest BCUT2D eigenvalue weighted by atomic mass is 32.2. The van der Waals surface area contributed by atoms with E-state index in [0.717, 1.165) is 13.0 Å². The maximum absolute atomic E-state index is 11.4. The Balaban J connectivity index is 3.39. The fourth-order valence-electron chi connectivity index (χ4n) is 1.18. The van der Waals surface area contributed by atoms with Crippen molar-refractivity contribution in [3.8, 4) is 0 Å². The zero-order valence-corrected chi connectivity index (χ0v) is 10.9. The van der Waals surface area contributed by atoms with Crippen LogP contribution in [0.5, 0.6) is 0 Å². The quantitative estimate of drug-likeness (QED) is 0.625. The van der Waals surface area contributed by atoms with Gasteiger partial charge in [-0.2, -0.15) is 11.8 Å². The standard InChI is InChI=1S/C11H24N2OS/c1-9(2)10(12)11(14)13-7-5-4-6-8-15-3/h9-10H,4-8,12H2,1-3H3,(H,13,14)/t10-/m0/s1. The number of amides is 1. The Morgan fingerprint density at radius 3 is 2.53 bits per heavy atom. The second kappa shape index (κ2) is 9.04. The molecule has 0 bridgehead atoms. The first kappa shape index (κ1) is 14.8. The second-order valence-electron chi connectivity index (χ2n) is 4.11. The molecule has 0 unspecified atom stereocenters. The van der Waals surface area contributed by atoms with Crippen LogP contribution in [-0.2, 0) is 4.79 Å². The van der Waals surface area contributed by atoms with E-state index in [9.17, 15) is 4.79 Å². The van der Waals surface area contributed by atoms with Crippen LogP contribution in [0, 0.1) is 5.92 Å². The highest BCUT2D eigenvalue weighted by Crippen LogP contribution is 2.02. The molecule has 90 valence electrons. The summed E-state index contributed by atoms with van der Waals surface area (Å²) >= 11 is 1.87. The summed E-state index contributed by atoms with van der Waals surface area (Å²) in [5.41, 5.74) is 5.71. The van der Waals surface area contributed by atoms with Gasteiger partial charge in [-0.15, -0.1) is 0 Å². The van der Waals surface area contributed by atoms with E-state index >= 15 is 0 Å². The van der Waals surface area contributed by atoms with Crippen LogP contribution in [-0.4, -0.2) is 30.5 Å². The lowest BCUT2D eigenvalue weighted by Gasteiger charge is -2.15. The monoisotopic (exact) mass is 232 g/mol.